The zero-order valence-electron chi connectivity index (χ0n) is 12.7. The minimum Gasteiger partial charge on any atom is -0.481 e. The van der Waals surface area contributed by atoms with E-state index in [0.29, 0.717) is 0 Å². The lowest BCUT2D eigenvalue weighted by molar-refractivity contribution is -0.136. The summed E-state index contributed by atoms with van der Waals surface area (Å²) in [6.45, 7) is 3.56. The van der Waals surface area contributed by atoms with Gasteiger partial charge in [-0.05, 0) is 62.3 Å². The highest BCUT2D eigenvalue weighted by Gasteiger charge is 2.25. The van der Waals surface area contributed by atoms with Crippen LogP contribution in [0.15, 0.2) is 18.2 Å². The average Bonchev–Trinajstić information content (AvgIpc) is 3.01. The van der Waals surface area contributed by atoms with E-state index in [-0.39, 0.29) is 11.9 Å². The second-order valence-corrected chi connectivity index (χ2v) is 6.15. The normalized spacial score (nSPS) is 22.8. The summed E-state index contributed by atoms with van der Waals surface area (Å²) < 4.78 is 5.86. The SMILES string of the molecule is CC(Oc1ccc2c(c1)C(N)CCC2)C(=O)N1CCCC1. The van der Waals surface area contributed by atoms with Crippen LogP contribution in [-0.4, -0.2) is 30.0 Å². The highest BCUT2D eigenvalue weighted by molar-refractivity contribution is 5.81. The van der Waals surface area contributed by atoms with E-state index in [1.54, 1.807) is 0 Å². The third-order valence-electron chi connectivity index (χ3n) is 4.56. The molecule has 2 unspecified atom stereocenters. The number of carbonyl (C=O) groups excluding carboxylic acids is 1. The predicted molar refractivity (Wildman–Crippen MR) is 82.2 cm³/mol. The van der Waals surface area contributed by atoms with Crippen LogP contribution in [0.25, 0.3) is 0 Å². The van der Waals surface area contributed by atoms with Gasteiger partial charge >= 0.3 is 0 Å². The van der Waals surface area contributed by atoms with Gasteiger partial charge < -0.3 is 15.4 Å². The van der Waals surface area contributed by atoms with E-state index in [9.17, 15) is 4.79 Å². The fourth-order valence-electron chi connectivity index (χ4n) is 3.34. The molecule has 1 aromatic rings. The van der Waals surface area contributed by atoms with Crippen molar-refractivity contribution in [3.8, 4) is 5.75 Å². The van der Waals surface area contributed by atoms with Gasteiger partial charge in [0.15, 0.2) is 6.10 Å². The van der Waals surface area contributed by atoms with Crippen LogP contribution in [0.5, 0.6) is 5.75 Å². The Balaban J connectivity index is 1.69. The van der Waals surface area contributed by atoms with Crippen molar-refractivity contribution in [3.63, 3.8) is 0 Å². The fraction of sp³-hybridized carbons (Fsp3) is 0.588. The van der Waals surface area contributed by atoms with Gasteiger partial charge in [-0.25, -0.2) is 0 Å². The Morgan fingerprint density at radius 1 is 1.33 bits per heavy atom. The number of amides is 1. The molecule has 114 valence electrons. The molecule has 0 radical (unpaired) electrons. The molecular formula is C17H24N2O2. The monoisotopic (exact) mass is 288 g/mol. The molecule has 1 aromatic carbocycles. The first-order chi connectivity index (χ1) is 10.1. The van der Waals surface area contributed by atoms with Crippen LogP contribution in [0, 0.1) is 0 Å². The molecule has 4 heteroatoms. The summed E-state index contributed by atoms with van der Waals surface area (Å²) in [6, 6.07) is 6.18. The van der Waals surface area contributed by atoms with Crippen LogP contribution >= 0.6 is 0 Å². The number of benzene rings is 1. The molecule has 0 bridgehead atoms. The molecule has 1 aliphatic heterocycles. The first-order valence-corrected chi connectivity index (χ1v) is 7.99. The van der Waals surface area contributed by atoms with Gasteiger partial charge in [0.05, 0.1) is 0 Å². The third-order valence-corrected chi connectivity index (χ3v) is 4.56. The molecule has 1 saturated heterocycles. The van der Waals surface area contributed by atoms with E-state index in [2.05, 4.69) is 6.07 Å². The summed E-state index contributed by atoms with van der Waals surface area (Å²) in [7, 11) is 0. The number of fused-ring (bicyclic) bond motifs is 1. The minimum absolute atomic E-state index is 0.0921. The van der Waals surface area contributed by atoms with E-state index in [0.717, 1.165) is 50.9 Å². The Hall–Kier alpha value is -1.55. The van der Waals surface area contributed by atoms with Crippen LogP contribution in [0.4, 0.5) is 0 Å². The van der Waals surface area contributed by atoms with Crippen LogP contribution < -0.4 is 10.5 Å². The van der Waals surface area contributed by atoms with Crippen molar-refractivity contribution < 1.29 is 9.53 Å². The molecular weight excluding hydrogens is 264 g/mol. The molecule has 1 heterocycles. The lowest BCUT2D eigenvalue weighted by Crippen LogP contribution is -2.38. The maximum absolute atomic E-state index is 12.3. The average molecular weight is 288 g/mol. The van der Waals surface area contributed by atoms with E-state index in [1.807, 2.05) is 24.0 Å². The number of nitrogens with zero attached hydrogens (tertiary/aromatic N) is 1. The lowest BCUT2D eigenvalue weighted by atomic mass is 9.88. The summed E-state index contributed by atoms with van der Waals surface area (Å²) in [5.74, 6) is 0.848. The molecule has 2 atom stereocenters. The zero-order valence-corrected chi connectivity index (χ0v) is 12.7. The molecule has 1 amide bonds. The van der Waals surface area contributed by atoms with Crippen LogP contribution in [0.2, 0.25) is 0 Å². The van der Waals surface area contributed by atoms with Gasteiger partial charge in [-0.2, -0.15) is 0 Å². The topological polar surface area (TPSA) is 55.6 Å². The lowest BCUT2D eigenvalue weighted by Gasteiger charge is -2.25. The first-order valence-electron chi connectivity index (χ1n) is 7.99. The molecule has 0 aromatic heterocycles. The molecule has 2 N–H and O–H groups in total. The summed E-state index contributed by atoms with van der Waals surface area (Å²) in [5.41, 5.74) is 8.67. The number of aryl methyl sites for hydroxylation is 1. The summed E-state index contributed by atoms with van der Waals surface area (Å²) in [6.07, 6.45) is 5.04. The number of hydrogen-bond acceptors (Lipinski definition) is 3. The van der Waals surface area contributed by atoms with Crippen molar-refractivity contribution in [2.45, 2.75) is 51.2 Å². The van der Waals surface area contributed by atoms with E-state index < -0.39 is 6.10 Å². The summed E-state index contributed by atoms with van der Waals surface area (Å²) in [4.78, 5) is 14.2. The molecule has 2 aliphatic rings. The highest BCUT2D eigenvalue weighted by Crippen LogP contribution is 2.31. The van der Waals surface area contributed by atoms with Crippen LogP contribution in [-0.2, 0) is 11.2 Å². The van der Waals surface area contributed by atoms with Gasteiger partial charge in [0.1, 0.15) is 5.75 Å². The highest BCUT2D eigenvalue weighted by atomic mass is 16.5. The van der Waals surface area contributed by atoms with Gasteiger partial charge in [-0.15, -0.1) is 0 Å². The van der Waals surface area contributed by atoms with Crippen molar-refractivity contribution in [1.29, 1.82) is 0 Å². The Morgan fingerprint density at radius 2 is 2.10 bits per heavy atom. The number of carbonyl (C=O) groups is 1. The van der Waals surface area contributed by atoms with Crippen LogP contribution in [0.1, 0.15) is 49.8 Å². The third kappa shape index (κ3) is 3.05. The number of nitrogens with two attached hydrogens (primary N) is 1. The summed E-state index contributed by atoms with van der Waals surface area (Å²) >= 11 is 0. The first kappa shape index (κ1) is 14.4. The second kappa shape index (κ2) is 6.06. The van der Waals surface area contributed by atoms with Gasteiger partial charge in [0.25, 0.3) is 5.91 Å². The molecule has 4 nitrogen and oxygen atoms in total. The summed E-state index contributed by atoms with van der Waals surface area (Å²) in [5, 5.41) is 0. The molecule has 0 spiro atoms. The maximum Gasteiger partial charge on any atom is 0.263 e. The maximum atomic E-state index is 12.3. The zero-order chi connectivity index (χ0) is 14.8. The van der Waals surface area contributed by atoms with Gasteiger partial charge in [0, 0.05) is 19.1 Å². The second-order valence-electron chi connectivity index (χ2n) is 6.15. The Kier molecular flexibility index (Phi) is 4.15. The van der Waals surface area contributed by atoms with Gasteiger partial charge in [-0.3, -0.25) is 4.79 Å². The van der Waals surface area contributed by atoms with Crippen molar-refractivity contribution >= 4 is 5.91 Å². The Morgan fingerprint density at radius 3 is 2.86 bits per heavy atom. The van der Waals surface area contributed by atoms with E-state index >= 15 is 0 Å². The number of likely N-dealkylation sites (tertiary alicyclic amines) is 1. The quantitative estimate of drug-likeness (QED) is 0.929. The van der Waals surface area contributed by atoms with Crippen molar-refractivity contribution in [2.75, 3.05) is 13.1 Å². The molecule has 21 heavy (non-hydrogen) atoms. The van der Waals surface area contributed by atoms with Gasteiger partial charge in [-0.1, -0.05) is 6.07 Å². The van der Waals surface area contributed by atoms with Crippen molar-refractivity contribution in [1.82, 2.24) is 4.90 Å². The van der Waals surface area contributed by atoms with E-state index in [1.165, 1.54) is 11.1 Å². The minimum atomic E-state index is -0.430. The van der Waals surface area contributed by atoms with Crippen LogP contribution in [0.3, 0.4) is 0 Å². The van der Waals surface area contributed by atoms with Crippen molar-refractivity contribution in [2.24, 2.45) is 5.73 Å². The molecule has 1 fully saturated rings. The molecule has 3 rings (SSSR count). The standard InChI is InChI=1S/C17H24N2O2/c1-12(17(20)19-9-2-3-10-19)21-14-8-7-13-5-4-6-16(18)15(13)11-14/h7-8,11-12,16H,2-6,9-10,18H2,1H3. The Labute approximate surface area is 126 Å². The van der Waals surface area contributed by atoms with E-state index in [4.69, 9.17) is 10.5 Å². The number of hydrogen-bond donors (Lipinski definition) is 1. The number of ether oxygens (including phenoxy) is 1. The number of rotatable bonds is 3. The van der Waals surface area contributed by atoms with Crippen molar-refractivity contribution in [3.05, 3.63) is 29.3 Å². The predicted octanol–water partition coefficient (Wildman–Crippen LogP) is 2.41. The molecule has 1 aliphatic carbocycles. The van der Waals surface area contributed by atoms with Gasteiger partial charge in [0.2, 0.25) is 0 Å². The molecule has 0 saturated carbocycles. The fourth-order valence-corrected chi connectivity index (χ4v) is 3.34. The largest absolute Gasteiger partial charge is 0.481 e. The smallest absolute Gasteiger partial charge is 0.263 e. The Bertz CT molecular complexity index is 524.